The molecule has 0 atom stereocenters. The second kappa shape index (κ2) is 4.55. The first kappa shape index (κ1) is 12.0. The van der Waals surface area contributed by atoms with Gasteiger partial charge in [-0.25, -0.2) is 0 Å². The van der Waals surface area contributed by atoms with E-state index in [2.05, 4.69) is 46.9 Å². The number of hydrogen-bond acceptors (Lipinski definition) is 3. The highest BCUT2D eigenvalue weighted by atomic mass is 32.1. The van der Waals surface area contributed by atoms with Crippen molar-refractivity contribution in [3.05, 3.63) is 46.2 Å². The third-order valence-corrected chi connectivity index (χ3v) is 4.20. The minimum atomic E-state index is 0.551. The number of rotatable bonds is 2. The Balaban J connectivity index is 2.26. The van der Waals surface area contributed by atoms with Gasteiger partial charge in [-0.2, -0.15) is 16.4 Å². The first-order valence-corrected chi connectivity index (χ1v) is 7.05. The summed E-state index contributed by atoms with van der Waals surface area (Å²) in [6.45, 7) is 4.19. The number of aryl methyl sites for hydroxylation is 2. The molecule has 3 rings (SSSR count). The van der Waals surface area contributed by atoms with Gasteiger partial charge in [-0.05, 0) is 35.9 Å². The molecule has 0 bridgehead atoms. The summed E-state index contributed by atoms with van der Waals surface area (Å²) in [4.78, 5) is 0. The van der Waals surface area contributed by atoms with Crippen LogP contribution in [0.1, 0.15) is 11.1 Å². The smallest absolute Gasteiger partial charge is 0.153 e. The normalized spacial score (nSPS) is 10.8. The van der Waals surface area contributed by atoms with E-state index in [1.807, 2.05) is 12.1 Å². The first-order valence-electron chi connectivity index (χ1n) is 6.11. The maximum absolute atomic E-state index is 6.06. The highest BCUT2D eigenvalue weighted by Gasteiger charge is 2.17. The number of thiophene rings is 1. The Labute approximate surface area is 116 Å². The minimum absolute atomic E-state index is 0.551. The van der Waals surface area contributed by atoms with Crippen LogP contribution in [0, 0.1) is 13.8 Å². The fourth-order valence-corrected chi connectivity index (χ4v) is 3.13. The van der Waals surface area contributed by atoms with Crippen LogP contribution < -0.4 is 5.73 Å². The van der Waals surface area contributed by atoms with E-state index in [1.54, 1.807) is 11.3 Å². The summed E-state index contributed by atoms with van der Waals surface area (Å²) in [5, 5.41) is 11.5. The summed E-state index contributed by atoms with van der Waals surface area (Å²) >= 11 is 1.69. The van der Waals surface area contributed by atoms with Crippen LogP contribution >= 0.6 is 11.3 Å². The average molecular weight is 269 g/mol. The Morgan fingerprint density at radius 2 is 1.84 bits per heavy atom. The van der Waals surface area contributed by atoms with Crippen molar-refractivity contribution >= 4 is 17.2 Å². The third kappa shape index (κ3) is 1.94. The van der Waals surface area contributed by atoms with Crippen molar-refractivity contribution in [1.29, 1.82) is 0 Å². The summed E-state index contributed by atoms with van der Waals surface area (Å²) in [6, 6.07) is 8.23. The van der Waals surface area contributed by atoms with Crippen LogP contribution in [0.5, 0.6) is 0 Å². The van der Waals surface area contributed by atoms with Crippen LogP contribution in [-0.2, 0) is 0 Å². The highest BCUT2D eigenvalue weighted by Crippen LogP contribution is 2.38. The molecule has 2 heterocycles. The third-order valence-electron chi connectivity index (χ3n) is 3.33. The summed E-state index contributed by atoms with van der Waals surface area (Å²) in [6.07, 6.45) is 0. The van der Waals surface area contributed by atoms with Gasteiger partial charge in [0.25, 0.3) is 0 Å². The SMILES string of the molecule is Cc1cscc1-c1[nH]nc(N)c1-c1ccccc1C. The molecule has 3 aromatic rings. The molecule has 0 unspecified atom stereocenters. The lowest BCUT2D eigenvalue weighted by Gasteiger charge is -2.07. The van der Waals surface area contributed by atoms with Crippen molar-refractivity contribution < 1.29 is 0 Å². The van der Waals surface area contributed by atoms with Crippen LogP contribution in [0.3, 0.4) is 0 Å². The number of nitrogens with one attached hydrogen (secondary N) is 1. The average Bonchev–Trinajstić information content (AvgIpc) is 2.96. The van der Waals surface area contributed by atoms with Crippen molar-refractivity contribution in [2.24, 2.45) is 0 Å². The van der Waals surface area contributed by atoms with Gasteiger partial charge in [0, 0.05) is 10.9 Å². The minimum Gasteiger partial charge on any atom is -0.382 e. The standard InChI is InChI=1S/C15H15N3S/c1-9-5-3-4-6-11(9)13-14(17-18-15(13)16)12-8-19-7-10(12)2/h3-8H,1-2H3,(H3,16,17,18). The van der Waals surface area contributed by atoms with Gasteiger partial charge in [0.15, 0.2) is 5.82 Å². The van der Waals surface area contributed by atoms with Crippen molar-refractivity contribution in [1.82, 2.24) is 10.2 Å². The molecule has 0 saturated carbocycles. The van der Waals surface area contributed by atoms with E-state index in [1.165, 1.54) is 16.7 Å². The zero-order chi connectivity index (χ0) is 13.4. The number of benzene rings is 1. The first-order chi connectivity index (χ1) is 9.18. The Bertz CT molecular complexity index is 725. The highest BCUT2D eigenvalue weighted by molar-refractivity contribution is 7.08. The van der Waals surface area contributed by atoms with Crippen LogP contribution in [0.4, 0.5) is 5.82 Å². The maximum atomic E-state index is 6.06. The zero-order valence-electron chi connectivity index (χ0n) is 10.9. The van der Waals surface area contributed by atoms with Gasteiger partial charge in [0.1, 0.15) is 0 Å². The van der Waals surface area contributed by atoms with Crippen LogP contribution in [-0.4, -0.2) is 10.2 Å². The lowest BCUT2D eigenvalue weighted by Crippen LogP contribution is -1.91. The molecular formula is C15H15N3S. The molecule has 0 aliphatic carbocycles. The van der Waals surface area contributed by atoms with Crippen molar-refractivity contribution in [3.63, 3.8) is 0 Å². The number of H-pyrrole nitrogens is 1. The molecule has 0 saturated heterocycles. The molecule has 3 N–H and O–H groups in total. The van der Waals surface area contributed by atoms with E-state index in [-0.39, 0.29) is 0 Å². The molecule has 19 heavy (non-hydrogen) atoms. The zero-order valence-corrected chi connectivity index (χ0v) is 11.7. The molecule has 0 amide bonds. The predicted molar refractivity (Wildman–Crippen MR) is 81.2 cm³/mol. The number of anilines is 1. The molecule has 0 radical (unpaired) electrons. The van der Waals surface area contributed by atoms with Gasteiger partial charge >= 0.3 is 0 Å². The van der Waals surface area contributed by atoms with E-state index in [0.717, 1.165) is 16.8 Å². The van der Waals surface area contributed by atoms with E-state index >= 15 is 0 Å². The Morgan fingerprint density at radius 1 is 1.05 bits per heavy atom. The number of nitrogens with two attached hydrogens (primary N) is 1. The largest absolute Gasteiger partial charge is 0.382 e. The summed E-state index contributed by atoms with van der Waals surface area (Å²) in [5.41, 5.74) is 12.8. The molecule has 2 aromatic heterocycles. The maximum Gasteiger partial charge on any atom is 0.153 e. The molecule has 96 valence electrons. The van der Waals surface area contributed by atoms with Crippen molar-refractivity contribution in [2.75, 3.05) is 5.73 Å². The second-order valence-electron chi connectivity index (χ2n) is 4.64. The molecule has 3 nitrogen and oxygen atoms in total. The summed E-state index contributed by atoms with van der Waals surface area (Å²) in [5.74, 6) is 0.551. The molecule has 0 aliphatic rings. The van der Waals surface area contributed by atoms with Gasteiger partial charge in [-0.15, -0.1) is 0 Å². The van der Waals surface area contributed by atoms with E-state index in [4.69, 9.17) is 5.73 Å². The fourth-order valence-electron chi connectivity index (χ4n) is 2.29. The molecule has 1 aromatic carbocycles. The molecule has 4 heteroatoms. The van der Waals surface area contributed by atoms with Crippen LogP contribution in [0.25, 0.3) is 22.4 Å². The molecule has 0 spiro atoms. The van der Waals surface area contributed by atoms with E-state index < -0.39 is 0 Å². The number of nitrogens with zero attached hydrogens (tertiary/aromatic N) is 1. The Kier molecular flexibility index (Phi) is 2.87. The predicted octanol–water partition coefficient (Wildman–Crippen LogP) is 4.00. The quantitative estimate of drug-likeness (QED) is 0.738. The van der Waals surface area contributed by atoms with E-state index in [9.17, 15) is 0 Å². The Hall–Kier alpha value is -2.07. The van der Waals surface area contributed by atoms with Crippen molar-refractivity contribution in [2.45, 2.75) is 13.8 Å². The number of nitrogen functional groups attached to an aromatic ring is 1. The summed E-state index contributed by atoms with van der Waals surface area (Å²) in [7, 11) is 0. The number of aromatic nitrogens is 2. The lowest BCUT2D eigenvalue weighted by molar-refractivity contribution is 1.10. The van der Waals surface area contributed by atoms with Gasteiger partial charge in [0.2, 0.25) is 0 Å². The summed E-state index contributed by atoms with van der Waals surface area (Å²) < 4.78 is 0. The van der Waals surface area contributed by atoms with Crippen molar-refractivity contribution in [3.8, 4) is 22.4 Å². The van der Waals surface area contributed by atoms with Gasteiger partial charge in [0.05, 0.1) is 11.3 Å². The number of hydrogen-bond donors (Lipinski definition) is 2. The second-order valence-corrected chi connectivity index (χ2v) is 5.39. The van der Waals surface area contributed by atoms with E-state index in [0.29, 0.717) is 5.82 Å². The van der Waals surface area contributed by atoms with Gasteiger partial charge < -0.3 is 5.73 Å². The lowest BCUT2D eigenvalue weighted by atomic mass is 9.97. The molecular weight excluding hydrogens is 254 g/mol. The van der Waals surface area contributed by atoms with Crippen LogP contribution in [0.15, 0.2) is 35.0 Å². The van der Waals surface area contributed by atoms with Crippen LogP contribution in [0.2, 0.25) is 0 Å². The molecule has 0 fully saturated rings. The van der Waals surface area contributed by atoms with Gasteiger partial charge in [-0.1, -0.05) is 24.3 Å². The Morgan fingerprint density at radius 3 is 2.53 bits per heavy atom. The van der Waals surface area contributed by atoms with Gasteiger partial charge in [-0.3, -0.25) is 5.10 Å². The molecule has 0 aliphatic heterocycles. The number of aromatic amines is 1. The monoisotopic (exact) mass is 269 g/mol. The fraction of sp³-hybridized carbons (Fsp3) is 0.133. The topological polar surface area (TPSA) is 54.7 Å².